The van der Waals surface area contributed by atoms with Gasteiger partial charge in [-0.05, 0) is 37.8 Å². The van der Waals surface area contributed by atoms with Gasteiger partial charge in [0.1, 0.15) is 4.21 Å². The van der Waals surface area contributed by atoms with Crippen LogP contribution in [0.4, 0.5) is 0 Å². The van der Waals surface area contributed by atoms with Gasteiger partial charge < -0.3 is 5.11 Å². The topological polar surface area (TPSA) is 60.9 Å². The number of nitrogens with zero attached hydrogens (tertiary/aromatic N) is 2. The Morgan fingerprint density at radius 2 is 1.95 bits per heavy atom. The lowest BCUT2D eigenvalue weighted by atomic mass is 10.1. The van der Waals surface area contributed by atoms with E-state index < -0.39 is 10.0 Å². The number of sulfonamides is 1. The molecule has 1 N–H and O–H groups in total. The van der Waals surface area contributed by atoms with Crippen molar-refractivity contribution in [2.75, 3.05) is 26.2 Å². The smallest absolute Gasteiger partial charge is 0.252 e. The van der Waals surface area contributed by atoms with Crippen molar-refractivity contribution in [3.63, 3.8) is 0 Å². The first-order chi connectivity index (χ1) is 10.5. The van der Waals surface area contributed by atoms with E-state index in [1.165, 1.54) is 11.3 Å². The Balaban J connectivity index is 1.63. The fraction of sp³-hybridized carbons (Fsp3) is 0.733. The van der Waals surface area contributed by atoms with E-state index in [9.17, 15) is 13.5 Å². The molecule has 1 aromatic heterocycles. The zero-order chi connectivity index (χ0) is 15.7. The van der Waals surface area contributed by atoms with Crippen LogP contribution in [0.2, 0.25) is 0 Å². The highest BCUT2D eigenvalue weighted by Gasteiger charge is 2.34. The molecule has 1 aromatic rings. The second-order valence-corrected chi connectivity index (χ2v) is 9.48. The summed E-state index contributed by atoms with van der Waals surface area (Å²) >= 11 is 1.39. The van der Waals surface area contributed by atoms with Crippen LogP contribution >= 0.6 is 11.3 Å². The molecule has 22 heavy (non-hydrogen) atoms. The summed E-state index contributed by atoms with van der Waals surface area (Å²) in [6.45, 7) is 4.88. The number of thiophene rings is 1. The SMILES string of the molecule is CCc1ccc(S(=O)(=O)N2CCC(N3CC[C@H](O)C3)CC2)s1. The third kappa shape index (κ3) is 3.23. The van der Waals surface area contributed by atoms with Crippen LogP contribution in [-0.2, 0) is 16.4 Å². The number of aryl methyl sites for hydroxylation is 1. The van der Waals surface area contributed by atoms with Crippen molar-refractivity contribution < 1.29 is 13.5 Å². The molecule has 7 heteroatoms. The van der Waals surface area contributed by atoms with Crippen molar-refractivity contribution in [2.24, 2.45) is 0 Å². The summed E-state index contributed by atoms with van der Waals surface area (Å²) in [7, 11) is -3.33. The molecule has 0 aromatic carbocycles. The van der Waals surface area contributed by atoms with Crippen molar-refractivity contribution >= 4 is 21.4 Å². The zero-order valence-electron chi connectivity index (χ0n) is 12.9. The number of aliphatic hydroxyl groups is 1. The summed E-state index contributed by atoms with van der Waals surface area (Å²) in [5.41, 5.74) is 0. The molecule has 3 rings (SSSR count). The molecule has 3 heterocycles. The van der Waals surface area contributed by atoms with Crippen LogP contribution in [0.15, 0.2) is 16.3 Å². The monoisotopic (exact) mass is 344 g/mol. The number of piperidine rings is 1. The minimum absolute atomic E-state index is 0.208. The minimum Gasteiger partial charge on any atom is -0.392 e. The fourth-order valence-electron chi connectivity index (χ4n) is 3.36. The van der Waals surface area contributed by atoms with Crippen molar-refractivity contribution in [3.05, 3.63) is 17.0 Å². The van der Waals surface area contributed by atoms with Crippen LogP contribution in [0.3, 0.4) is 0 Å². The van der Waals surface area contributed by atoms with Crippen LogP contribution < -0.4 is 0 Å². The Kier molecular flexibility index (Phi) is 4.89. The van der Waals surface area contributed by atoms with Gasteiger partial charge in [0, 0.05) is 37.1 Å². The Morgan fingerprint density at radius 3 is 2.50 bits per heavy atom. The molecule has 2 saturated heterocycles. The lowest BCUT2D eigenvalue weighted by Crippen LogP contribution is -2.46. The zero-order valence-corrected chi connectivity index (χ0v) is 14.6. The molecule has 124 valence electrons. The van der Waals surface area contributed by atoms with Crippen LogP contribution in [0, 0.1) is 0 Å². The summed E-state index contributed by atoms with van der Waals surface area (Å²) in [4.78, 5) is 3.43. The van der Waals surface area contributed by atoms with E-state index in [1.54, 1.807) is 10.4 Å². The van der Waals surface area contributed by atoms with Gasteiger partial charge in [0.15, 0.2) is 0 Å². The van der Waals surface area contributed by atoms with Gasteiger partial charge in [0.05, 0.1) is 6.10 Å². The Hall–Kier alpha value is -0.470. The number of likely N-dealkylation sites (tertiary alicyclic amines) is 1. The predicted octanol–water partition coefficient (Wildman–Crippen LogP) is 1.53. The Labute approximate surface area is 136 Å². The second-order valence-electron chi connectivity index (χ2n) is 6.15. The molecule has 0 bridgehead atoms. The number of β-amino-alcohol motifs (C(OH)–C–C–N with tert-alkyl or cyclic N) is 1. The third-order valence-electron chi connectivity index (χ3n) is 4.71. The predicted molar refractivity (Wildman–Crippen MR) is 87.7 cm³/mol. The van der Waals surface area contributed by atoms with E-state index in [0.29, 0.717) is 23.3 Å². The highest BCUT2D eigenvalue weighted by Crippen LogP contribution is 2.29. The van der Waals surface area contributed by atoms with Crippen molar-refractivity contribution in [1.29, 1.82) is 0 Å². The lowest BCUT2D eigenvalue weighted by molar-refractivity contribution is 0.132. The van der Waals surface area contributed by atoms with Gasteiger partial charge in [0.2, 0.25) is 0 Å². The molecule has 0 unspecified atom stereocenters. The van der Waals surface area contributed by atoms with Gasteiger partial charge in [-0.25, -0.2) is 8.42 Å². The Bertz CT molecular complexity index is 606. The van der Waals surface area contributed by atoms with Crippen molar-refractivity contribution in [1.82, 2.24) is 9.21 Å². The van der Waals surface area contributed by atoms with Crippen molar-refractivity contribution in [2.45, 2.75) is 49.0 Å². The number of hydrogen-bond donors (Lipinski definition) is 1. The molecular weight excluding hydrogens is 320 g/mol. The normalized spacial score (nSPS) is 25.8. The minimum atomic E-state index is -3.33. The molecular formula is C15H24N2O3S2. The van der Waals surface area contributed by atoms with E-state index in [2.05, 4.69) is 4.90 Å². The van der Waals surface area contributed by atoms with Gasteiger partial charge in [0.25, 0.3) is 10.0 Å². The van der Waals surface area contributed by atoms with Gasteiger partial charge in [-0.3, -0.25) is 4.90 Å². The van der Waals surface area contributed by atoms with E-state index in [-0.39, 0.29) is 6.10 Å². The first-order valence-corrected chi connectivity index (χ1v) is 10.3. The number of aliphatic hydroxyl groups excluding tert-OH is 1. The molecule has 2 aliphatic rings. The van der Waals surface area contributed by atoms with E-state index >= 15 is 0 Å². The highest BCUT2D eigenvalue weighted by atomic mass is 32.2. The molecule has 2 aliphatic heterocycles. The molecule has 0 amide bonds. The summed E-state index contributed by atoms with van der Waals surface area (Å²) in [5, 5.41) is 9.64. The quantitative estimate of drug-likeness (QED) is 0.900. The van der Waals surface area contributed by atoms with E-state index in [0.717, 1.165) is 43.6 Å². The average Bonchev–Trinajstić information content (AvgIpc) is 3.16. The molecule has 0 spiro atoms. The second kappa shape index (κ2) is 6.57. The fourth-order valence-corrected chi connectivity index (χ4v) is 6.28. The molecule has 0 aliphatic carbocycles. The highest BCUT2D eigenvalue weighted by molar-refractivity contribution is 7.91. The lowest BCUT2D eigenvalue weighted by Gasteiger charge is -2.35. The van der Waals surface area contributed by atoms with Crippen LogP contribution in [0.1, 0.15) is 31.1 Å². The number of hydrogen-bond acceptors (Lipinski definition) is 5. The summed E-state index contributed by atoms with van der Waals surface area (Å²) in [6.07, 6.45) is 3.23. The van der Waals surface area contributed by atoms with Crippen LogP contribution in [-0.4, -0.2) is 61.1 Å². The first-order valence-electron chi connectivity index (χ1n) is 8.01. The Morgan fingerprint density at radius 1 is 1.23 bits per heavy atom. The summed E-state index contributed by atoms with van der Waals surface area (Å²) < 4.78 is 27.5. The molecule has 5 nitrogen and oxygen atoms in total. The maximum absolute atomic E-state index is 12.7. The van der Waals surface area contributed by atoms with Gasteiger partial charge >= 0.3 is 0 Å². The largest absolute Gasteiger partial charge is 0.392 e. The van der Waals surface area contributed by atoms with Crippen LogP contribution in [0.25, 0.3) is 0 Å². The van der Waals surface area contributed by atoms with Gasteiger partial charge in [-0.1, -0.05) is 6.92 Å². The standard InChI is InChI=1S/C15H24N2O3S2/c1-2-14-3-4-15(21-14)22(19,20)17-9-5-12(6-10-17)16-8-7-13(18)11-16/h3-4,12-13,18H,2,5-11H2,1H3/t13-/m0/s1. The summed E-state index contributed by atoms with van der Waals surface area (Å²) in [5.74, 6) is 0. The third-order valence-corrected chi connectivity index (χ3v) is 8.31. The van der Waals surface area contributed by atoms with Crippen molar-refractivity contribution in [3.8, 4) is 0 Å². The number of rotatable bonds is 4. The van der Waals surface area contributed by atoms with E-state index in [4.69, 9.17) is 0 Å². The maximum Gasteiger partial charge on any atom is 0.252 e. The molecule has 0 radical (unpaired) electrons. The van der Waals surface area contributed by atoms with E-state index in [1.807, 2.05) is 13.0 Å². The summed E-state index contributed by atoms with van der Waals surface area (Å²) in [6, 6.07) is 4.07. The molecule has 1 atom stereocenters. The molecule has 2 fully saturated rings. The maximum atomic E-state index is 12.7. The average molecular weight is 345 g/mol. The van der Waals surface area contributed by atoms with Gasteiger partial charge in [-0.2, -0.15) is 4.31 Å². The van der Waals surface area contributed by atoms with Gasteiger partial charge in [-0.15, -0.1) is 11.3 Å². The first kappa shape index (κ1) is 16.4. The van der Waals surface area contributed by atoms with Crippen LogP contribution in [0.5, 0.6) is 0 Å². The molecule has 0 saturated carbocycles.